The number of nitrogens with zero attached hydrogens (tertiary/aromatic N) is 6. The van der Waals surface area contributed by atoms with E-state index in [4.69, 9.17) is 4.42 Å². The number of hydrogen-bond acceptors (Lipinski definition) is 7. The summed E-state index contributed by atoms with van der Waals surface area (Å²) >= 11 is 0. The van der Waals surface area contributed by atoms with Gasteiger partial charge in [0, 0.05) is 12.6 Å². The molecule has 1 N–H and O–H groups in total. The summed E-state index contributed by atoms with van der Waals surface area (Å²) < 4.78 is 47.4. The summed E-state index contributed by atoms with van der Waals surface area (Å²) in [5.74, 6) is -3.22. The molecule has 0 saturated carbocycles. The Bertz CT molecular complexity index is 1360. The lowest BCUT2D eigenvalue weighted by Gasteiger charge is -2.39. The number of aryl methyl sites for hydroxylation is 2. The molecule has 4 aromatic rings. The molecular weight excluding hydrogens is 427 g/mol. The van der Waals surface area contributed by atoms with Gasteiger partial charge in [0.1, 0.15) is 5.82 Å². The van der Waals surface area contributed by atoms with Crippen molar-refractivity contribution in [2.75, 3.05) is 23.3 Å². The minimum atomic E-state index is -2.72. The molecule has 4 heterocycles. The lowest BCUT2D eigenvalue weighted by atomic mass is 10.1. The van der Waals surface area contributed by atoms with E-state index in [0.29, 0.717) is 23.0 Å². The van der Waals surface area contributed by atoms with Crippen molar-refractivity contribution in [3.8, 4) is 11.4 Å². The average molecular weight is 443 g/mol. The van der Waals surface area contributed by atoms with Crippen LogP contribution in [0.5, 0.6) is 0 Å². The summed E-state index contributed by atoms with van der Waals surface area (Å²) in [5.41, 5.74) is 1.23. The minimum absolute atomic E-state index is 0.0314. The Morgan fingerprint density at radius 2 is 2.00 bits per heavy atom. The molecule has 0 aliphatic carbocycles. The summed E-state index contributed by atoms with van der Waals surface area (Å²) in [6.45, 7) is 2.47. The minimum Gasteiger partial charge on any atom is -0.436 e. The van der Waals surface area contributed by atoms with E-state index in [9.17, 15) is 18.0 Å². The van der Waals surface area contributed by atoms with Gasteiger partial charge in [0.2, 0.25) is 5.76 Å². The van der Waals surface area contributed by atoms with Gasteiger partial charge in [-0.1, -0.05) is 0 Å². The number of carbonyl (C=O) groups excluding carboxylic acids is 1. The fourth-order valence-corrected chi connectivity index (χ4v) is 3.45. The van der Waals surface area contributed by atoms with Crippen LogP contribution in [-0.2, 0) is 0 Å². The first-order chi connectivity index (χ1) is 15.2. The van der Waals surface area contributed by atoms with Crippen molar-refractivity contribution < 1.29 is 22.4 Å². The Balaban J connectivity index is 1.43. The molecule has 0 bridgehead atoms. The molecular formula is C20H16F3N7O2. The maximum Gasteiger partial charge on any atom is 0.293 e. The summed E-state index contributed by atoms with van der Waals surface area (Å²) in [6, 6.07) is 3.96. The average Bonchev–Trinajstić information content (AvgIpc) is 3.29. The standard InChI is InChI=1S/C20H16F3N7O2/c1-10-16(32-11(2)25-10)18(31)26-12-3-4-15(21)14(5-12)17-27-19-24-6-13(7-30(19)28-17)29-8-20(22,23)9-29/h3-7H,8-9H2,1-2H3,(H,26,31). The summed E-state index contributed by atoms with van der Waals surface area (Å²) in [6.07, 6.45) is 2.92. The van der Waals surface area contributed by atoms with Gasteiger partial charge in [0.25, 0.3) is 17.6 Å². The largest absolute Gasteiger partial charge is 0.436 e. The zero-order chi connectivity index (χ0) is 22.6. The lowest BCUT2D eigenvalue weighted by molar-refractivity contribution is -0.0263. The van der Waals surface area contributed by atoms with Crippen molar-refractivity contribution in [3.05, 3.63) is 53.8 Å². The number of hydrogen-bond donors (Lipinski definition) is 1. The molecule has 1 aromatic carbocycles. The molecule has 32 heavy (non-hydrogen) atoms. The van der Waals surface area contributed by atoms with Crippen molar-refractivity contribution in [2.24, 2.45) is 0 Å². The van der Waals surface area contributed by atoms with Gasteiger partial charge >= 0.3 is 0 Å². The van der Waals surface area contributed by atoms with E-state index in [-0.39, 0.29) is 22.9 Å². The number of amides is 1. The number of carbonyl (C=O) groups is 1. The number of rotatable bonds is 4. The van der Waals surface area contributed by atoms with Gasteiger partial charge in [-0.2, -0.15) is 4.98 Å². The SMILES string of the molecule is Cc1nc(C)c(C(=O)Nc2ccc(F)c(-c3nc4ncc(N5CC(F)(F)C5)cn4n3)c2)o1. The van der Waals surface area contributed by atoms with Crippen LogP contribution in [-0.4, -0.2) is 49.5 Å². The second kappa shape index (κ2) is 7.04. The van der Waals surface area contributed by atoms with Crippen LogP contribution >= 0.6 is 0 Å². The van der Waals surface area contributed by atoms with Gasteiger partial charge in [-0.3, -0.25) is 4.79 Å². The quantitative estimate of drug-likeness (QED) is 0.517. The Morgan fingerprint density at radius 1 is 1.22 bits per heavy atom. The van der Waals surface area contributed by atoms with Crippen LogP contribution in [0.3, 0.4) is 0 Å². The van der Waals surface area contributed by atoms with Gasteiger partial charge < -0.3 is 14.6 Å². The van der Waals surface area contributed by atoms with Crippen molar-refractivity contribution in [1.29, 1.82) is 0 Å². The number of anilines is 2. The number of nitrogens with one attached hydrogen (secondary N) is 1. The fourth-order valence-electron chi connectivity index (χ4n) is 3.45. The number of fused-ring (bicyclic) bond motifs is 1. The molecule has 1 aliphatic rings. The van der Waals surface area contributed by atoms with Crippen LogP contribution in [0.2, 0.25) is 0 Å². The zero-order valence-corrected chi connectivity index (χ0v) is 16.9. The molecule has 1 amide bonds. The first-order valence-corrected chi connectivity index (χ1v) is 9.59. The molecule has 164 valence electrons. The van der Waals surface area contributed by atoms with Crippen LogP contribution in [0.25, 0.3) is 17.2 Å². The van der Waals surface area contributed by atoms with E-state index in [1.165, 1.54) is 40.0 Å². The van der Waals surface area contributed by atoms with Crippen molar-refractivity contribution in [2.45, 2.75) is 19.8 Å². The highest BCUT2D eigenvalue weighted by Gasteiger charge is 2.44. The predicted molar refractivity (Wildman–Crippen MR) is 107 cm³/mol. The smallest absolute Gasteiger partial charge is 0.293 e. The van der Waals surface area contributed by atoms with Gasteiger partial charge in [-0.05, 0) is 25.1 Å². The molecule has 0 unspecified atom stereocenters. The Morgan fingerprint density at radius 3 is 2.69 bits per heavy atom. The van der Waals surface area contributed by atoms with E-state index in [2.05, 4.69) is 25.4 Å². The number of aromatic nitrogens is 5. The van der Waals surface area contributed by atoms with E-state index in [1.807, 2.05) is 0 Å². The van der Waals surface area contributed by atoms with Gasteiger partial charge in [-0.25, -0.2) is 27.7 Å². The highest BCUT2D eigenvalue weighted by atomic mass is 19.3. The maximum atomic E-state index is 14.5. The molecule has 0 radical (unpaired) electrons. The number of oxazole rings is 1. The summed E-state index contributed by atoms with van der Waals surface area (Å²) in [4.78, 5) is 26.3. The second-order valence-corrected chi connectivity index (χ2v) is 7.50. The number of halogens is 3. The first-order valence-electron chi connectivity index (χ1n) is 9.59. The van der Waals surface area contributed by atoms with Crippen LogP contribution in [0, 0.1) is 19.7 Å². The van der Waals surface area contributed by atoms with Crippen molar-refractivity contribution in [1.82, 2.24) is 24.6 Å². The third kappa shape index (κ3) is 3.53. The molecule has 0 atom stereocenters. The van der Waals surface area contributed by atoms with Crippen LogP contribution < -0.4 is 10.2 Å². The third-order valence-electron chi connectivity index (χ3n) is 4.96. The van der Waals surface area contributed by atoms with E-state index >= 15 is 0 Å². The van der Waals surface area contributed by atoms with Crippen LogP contribution in [0.15, 0.2) is 35.0 Å². The molecule has 5 rings (SSSR count). The lowest BCUT2D eigenvalue weighted by Crippen LogP contribution is -2.56. The van der Waals surface area contributed by atoms with Crippen molar-refractivity contribution in [3.63, 3.8) is 0 Å². The number of benzene rings is 1. The van der Waals surface area contributed by atoms with Crippen molar-refractivity contribution >= 4 is 23.1 Å². The molecule has 1 aliphatic heterocycles. The molecule has 9 nitrogen and oxygen atoms in total. The summed E-state index contributed by atoms with van der Waals surface area (Å²) in [7, 11) is 0. The van der Waals surface area contributed by atoms with E-state index in [1.54, 1.807) is 13.8 Å². The topological polar surface area (TPSA) is 101 Å². The fraction of sp³-hybridized carbons (Fsp3) is 0.250. The Labute approximate surface area is 178 Å². The molecule has 1 saturated heterocycles. The second-order valence-electron chi connectivity index (χ2n) is 7.50. The third-order valence-corrected chi connectivity index (χ3v) is 4.96. The van der Waals surface area contributed by atoms with Gasteiger partial charge in [-0.15, -0.1) is 5.10 Å². The van der Waals surface area contributed by atoms with E-state index < -0.39 is 30.7 Å². The molecule has 0 spiro atoms. The molecule has 12 heteroatoms. The monoisotopic (exact) mass is 443 g/mol. The Kier molecular flexibility index (Phi) is 4.39. The summed E-state index contributed by atoms with van der Waals surface area (Å²) in [5, 5.41) is 6.86. The molecule has 3 aromatic heterocycles. The first kappa shape index (κ1) is 20.0. The van der Waals surface area contributed by atoms with Gasteiger partial charge in [0.15, 0.2) is 11.7 Å². The van der Waals surface area contributed by atoms with Gasteiger partial charge in [0.05, 0.1) is 42.4 Å². The highest BCUT2D eigenvalue weighted by molar-refractivity contribution is 6.03. The van der Waals surface area contributed by atoms with Crippen LogP contribution in [0.1, 0.15) is 22.1 Å². The maximum absolute atomic E-state index is 14.5. The Hall–Kier alpha value is -3.96. The highest BCUT2D eigenvalue weighted by Crippen LogP contribution is 2.31. The predicted octanol–water partition coefficient (Wildman–Crippen LogP) is 3.24. The molecule has 1 fully saturated rings. The van der Waals surface area contributed by atoms with E-state index in [0.717, 1.165) is 0 Å². The normalized spacial score (nSPS) is 15.1. The number of alkyl halides is 2. The zero-order valence-electron chi connectivity index (χ0n) is 16.9. The van der Waals surface area contributed by atoms with Crippen LogP contribution in [0.4, 0.5) is 24.5 Å².